The first kappa shape index (κ1) is 15.3. The minimum Gasteiger partial charge on any atom is -0.468 e. The fourth-order valence-corrected chi connectivity index (χ4v) is 2.13. The minimum absolute atomic E-state index is 0.112. The maximum absolute atomic E-state index is 12.6. The lowest BCUT2D eigenvalue weighted by Crippen LogP contribution is -2.30. The number of alkyl halides is 3. The van der Waals surface area contributed by atoms with E-state index in [0.717, 1.165) is 38.1 Å². The third-order valence-electron chi connectivity index (χ3n) is 3.19. The van der Waals surface area contributed by atoms with Crippen molar-refractivity contribution in [2.75, 3.05) is 20.2 Å². The molecular formula is C14H15F3N2O2. The second-order valence-electron chi connectivity index (χ2n) is 4.68. The number of likely N-dealkylation sites (tertiary alicyclic amines) is 1. The molecule has 4 nitrogen and oxygen atoms in total. The zero-order valence-corrected chi connectivity index (χ0v) is 11.5. The molecule has 0 aliphatic carbocycles. The van der Waals surface area contributed by atoms with E-state index in [1.165, 1.54) is 19.2 Å². The first-order valence-corrected chi connectivity index (χ1v) is 6.51. The molecule has 21 heavy (non-hydrogen) atoms. The SMILES string of the molecule is COC(=NC(=O)c1cccc(C(F)(F)F)c1)N1CCCC1. The predicted molar refractivity (Wildman–Crippen MR) is 71.0 cm³/mol. The Bertz CT molecular complexity index is 549. The van der Waals surface area contributed by atoms with E-state index in [-0.39, 0.29) is 11.6 Å². The van der Waals surface area contributed by atoms with Crippen molar-refractivity contribution < 1.29 is 22.7 Å². The average Bonchev–Trinajstić information content (AvgIpc) is 2.97. The number of nitrogens with zero attached hydrogens (tertiary/aromatic N) is 2. The van der Waals surface area contributed by atoms with Gasteiger partial charge in [0.2, 0.25) is 0 Å². The normalized spacial score (nSPS) is 16.2. The highest BCUT2D eigenvalue weighted by atomic mass is 19.4. The molecule has 7 heteroatoms. The van der Waals surface area contributed by atoms with Gasteiger partial charge in [0.15, 0.2) is 0 Å². The van der Waals surface area contributed by atoms with Crippen LogP contribution in [0.1, 0.15) is 28.8 Å². The number of hydrogen-bond donors (Lipinski definition) is 0. The molecule has 1 aliphatic heterocycles. The molecule has 1 heterocycles. The van der Waals surface area contributed by atoms with Gasteiger partial charge in [-0.3, -0.25) is 4.79 Å². The zero-order valence-electron chi connectivity index (χ0n) is 11.5. The molecule has 114 valence electrons. The quantitative estimate of drug-likeness (QED) is 0.591. The maximum atomic E-state index is 12.6. The first-order chi connectivity index (χ1) is 9.91. The van der Waals surface area contributed by atoms with Crippen LogP contribution in [0, 0.1) is 0 Å². The molecule has 0 atom stereocenters. The molecule has 2 rings (SSSR count). The van der Waals surface area contributed by atoms with Crippen molar-refractivity contribution in [3.05, 3.63) is 35.4 Å². The van der Waals surface area contributed by atoms with E-state index in [1.54, 1.807) is 4.90 Å². The Morgan fingerprint density at radius 1 is 1.29 bits per heavy atom. The Kier molecular flexibility index (Phi) is 4.50. The summed E-state index contributed by atoms with van der Waals surface area (Å²) in [4.78, 5) is 17.6. The van der Waals surface area contributed by atoms with Crippen LogP contribution >= 0.6 is 0 Å². The second kappa shape index (κ2) is 6.15. The molecule has 1 fully saturated rings. The number of hydrogen-bond acceptors (Lipinski definition) is 2. The van der Waals surface area contributed by atoms with E-state index in [0.29, 0.717) is 0 Å². The summed E-state index contributed by atoms with van der Waals surface area (Å²) in [5.41, 5.74) is -0.984. The summed E-state index contributed by atoms with van der Waals surface area (Å²) in [5, 5.41) is 0. The molecule has 0 spiro atoms. The van der Waals surface area contributed by atoms with Crippen molar-refractivity contribution in [1.82, 2.24) is 4.90 Å². The summed E-state index contributed by atoms with van der Waals surface area (Å²) in [6, 6.07) is 4.35. The molecular weight excluding hydrogens is 285 g/mol. The number of amides is 1. The van der Waals surface area contributed by atoms with Crippen LogP contribution < -0.4 is 0 Å². The number of aliphatic imine (C=N–C) groups is 1. The summed E-state index contributed by atoms with van der Waals surface area (Å²) in [6.07, 6.45) is -2.54. The van der Waals surface area contributed by atoms with E-state index < -0.39 is 17.6 Å². The summed E-state index contributed by atoms with van der Waals surface area (Å²) in [5.74, 6) is -0.746. The lowest BCUT2D eigenvalue weighted by atomic mass is 10.1. The topological polar surface area (TPSA) is 41.9 Å². The fourth-order valence-electron chi connectivity index (χ4n) is 2.13. The fraction of sp³-hybridized carbons (Fsp3) is 0.429. The Hall–Kier alpha value is -2.05. The highest BCUT2D eigenvalue weighted by molar-refractivity contribution is 6.01. The van der Waals surface area contributed by atoms with Gasteiger partial charge in [0, 0.05) is 18.7 Å². The van der Waals surface area contributed by atoms with Crippen LogP contribution in [0.4, 0.5) is 13.2 Å². The molecule has 0 bridgehead atoms. The van der Waals surface area contributed by atoms with Gasteiger partial charge in [-0.15, -0.1) is 0 Å². The molecule has 0 radical (unpaired) electrons. The monoisotopic (exact) mass is 300 g/mol. The van der Waals surface area contributed by atoms with Gasteiger partial charge in [0.25, 0.3) is 11.9 Å². The number of ether oxygens (including phenoxy) is 1. The van der Waals surface area contributed by atoms with Crippen LogP contribution in [0.25, 0.3) is 0 Å². The lowest BCUT2D eigenvalue weighted by Gasteiger charge is -2.17. The standard InChI is InChI=1S/C14H15F3N2O2/c1-21-13(19-7-2-3-8-19)18-12(20)10-5-4-6-11(9-10)14(15,16)17/h4-6,9H,2-3,7-8H2,1H3. The van der Waals surface area contributed by atoms with Crippen LogP contribution in [-0.2, 0) is 10.9 Å². The Balaban J connectivity index is 2.23. The molecule has 1 aromatic carbocycles. The molecule has 0 unspecified atom stereocenters. The van der Waals surface area contributed by atoms with Crippen molar-refractivity contribution in [1.29, 1.82) is 0 Å². The summed E-state index contributed by atoms with van der Waals surface area (Å²) >= 11 is 0. The van der Waals surface area contributed by atoms with Gasteiger partial charge >= 0.3 is 6.18 Å². The number of methoxy groups -OCH3 is 1. The van der Waals surface area contributed by atoms with Crippen LogP contribution in [0.5, 0.6) is 0 Å². The molecule has 0 saturated carbocycles. The lowest BCUT2D eigenvalue weighted by molar-refractivity contribution is -0.137. The third-order valence-corrected chi connectivity index (χ3v) is 3.19. The van der Waals surface area contributed by atoms with Crippen molar-refractivity contribution in [2.45, 2.75) is 19.0 Å². The number of halogens is 3. The molecule has 0 aromatic heterocycles. The number of carbonyl (C=O) groups excluding carboxylic acids is 1. The smallest absolute Gasteiger partial charge is 0.416 e. The summed E-state index contributed by atoms with van der Waals surface area (Å²) in [6.45, 7) is 1.45. The first-order valence-electron chi connectivity index (χ1n) is 6.51. The highest BCUT2D eigenvalue weighted by Gasteiger charge is 2.31. The van der Waals surface area contributed by atoms with Gasteiger partial charge in [-0.25, -0.2) is 0 Å². The number of carbonyl (C=O) groups is 1. The van der Waals surface area contributed by atoms with Crippen LogP contribution in [-0.4, -0.2) is 37.0 Å². The van der Waals surface area contributed by atoms with Crippen molar-refractivity contribution in [3.63, 3.8) is 0 Å². The van der Waals surface area contributed by atoms with E-state index in [1.807, 2.05) is 0 Å². The van der Waals surface area contributed by atoms with E-state index in [9.17, 15) is 18.0 Å². The average molecular weight is 300 g/mol. The van der Waals surface area contributed by atoms with Gasteiger partial charge in [-0.2, -0.15) is 18.2 Å². The molecule has 1 aromatic rings. The van der Waals surface area contributed by atoms with Crippen LogP contribution in [0.2, 0.25) is 0 Å². The Morgan fingerprint density at radius 3 is 2.52 bits per heavy atom. The number of amidine groups is 1. The zero-order chi connectivity index (χ0) is 15.5. The predicted octanol–water partition coefficient (Wildman–Crippen LogP) is 2.94. The Labute approximate surface area is 120 Å². The van der Waals surface area contributed by atoms with E-state index in [2.05, 4.69) is 4.99 Å². The second-order valence-corrected chi connectivity index (χ2v) is 4.68. The van der Waals surface area contributed by atoms with Gasteiger partial charge in [0.05, 0.1) is 12.7 Å². The molecule has 1 aliphatic rings. The largest absolute Gasteiger partial charge is 0.468 e. The molecule has 0 N–H and O–H groups in total. The van der Waals surface area contributed by atoms with Gasteiger partial charge in [0.1, 0.15) is 0 Å². The molecule has 1 amide bonds. The molecule has 1 saturated heterocycles. The van der Waals surface area contributed by atoms with Crippen LogP contribution in [0.15, 0.2) is 29.3 Å². The van der Waals surface area contributed by atoms with E-state index >= 15 is 0 Å². The van der Waals surface area contributed by atoms with Crippen molar-refractivity contribution in [2.24, 2.45) is 4.99 Å². The number of rotatable bonds is 1. The highest BCUT2D eigenvalue weighted by Crippen LogP contribution is 2.29. The van der Waals surface area contributed by atoms with Gasteiger partial charge in [-0.05, 0) is 31.0 Å². The summed E-state index contributed by atoms with van der Waals surface area (Å²) < 4.78 is 42.9. The van der Waals surface area contributed by atoms with Crippen molar-refractivity contribution >= 4 is 11.9 Å². The van der Waals surface area contributed by atoms with E-state index in [4.69, 9.17) is 4.74 Å². The van der Waals surface area contributed by atoms with Gasteiger partial charge < -0.3 is 9.64 Å². The van der Waals surface area contributed by atoms with Crippen LogP contribution in [0.3, 0.4) is 0 Å². The number of benzene rings is 1. The Morgan fingerprint density at radius 2 is 1.95 bits per heavy atom. The van der Waals surface area contributed by atoms with Gasteiger partial charge in [-0.1, -0.05) is 6.07 Å². The minimum atomic E-state index is -4.49. The van der Waals surface area contributed by atoms with Crippen molar-refractivity contribution in [3.8, 4) is 0 Å². The maximum Gasteiger partial charge on any atom is 0.416 e. The summed E-state index contributed by atoms with van der Waals surface area (Å²) in [7, 11) is 1.39. The third kappa shape index (κ3) is 3.74.